The summed E-state index contributed by atoms with van der Waals surface area (Å²) in [6.45, 7) is 2.52. The maximum atomic E-state index is 9.70. The minimum absolute atomic E-state index is 0.590. The van der Waals surface area contributed by atoms with Gasteiger partial charge in [-0.15, -0.1) is 0 Å². The zero-order valence-electron chi connectivity index (χ0n) is 4.59. The first-order chi connectivity index (χ1) is 3.77. The molecule has 0 saturated heterocycles. The number of rotatable bonds is 4. The molecule has 50 valence electrons. The fourth-order valence-electron chi connectivity index (χ4n) is 0.194. The normalized spacial score (nSPS) is 13.8. The van der Waals surface area contributed by atoms with Crippen LogP contribution in [-0.2, 0) is 15.6 Å². The highest BCUT2D eigenvalue weighted by Crippen LogP contribution is 1.73. The van der Waals surface area contributed by atoms with Crippen LogP contribution in [0.4, 0.5) is 0 Å². The van der Waals surface area contributed by atoms with Crippen molar-refractivity contribution in [1.82, 2.24) is 5.48 Å². The van der Waals surface area contributed by atoms with Gasteiger partial charge in [0.15, 0.2) is 0 Å². The molecule has 0 amide bonds. The van der Waals surface area contributed by atoms with Gasteiger partial charge < -0.3 is 0 Å². The molecule has 0 heterocycles. The molecule has 0 radical (unpaired) electrons. The molecule has 1 atom stereocenters. The molecule has 0 aromatic heterocycles. The Bertz CT molecular complexity index is 76.9. The van der Waals surface area contributed by atoms with Gasteiger partial charge in [-0.2, -0.15) is 14.0 Å². The maximum Gasteiger partial charge on any atom is 0.319 e. The Morgan fingerprint density at radius 3 is 2.88 bits per heavy atom. The quantitative estimate of drug-likeness (QED) is 0.328. The van der Waals surface area contributed by atoms with E-state index in [1.807, 2.05) is 6.92 Å². The summed E-state index contributed by atoms with van der Waals surface area (Å²) in [4.78, 5) is 0. The first-order valence-corrected chi connectivity index (χ1v) is 3.31. The van der Waals surface area contributed by atoms with Gasteiger partial charge in [0.05, 0.1) is 0 Å². The van der Waals surface area contributed by atoms with Crippen LogP contribution in [0.15, 0.2) is 0 Å². The summed E-state index contributed by atoms with van der Waals surface area (Å²) < 4.78 is 21.7. The van der Waals surface area contributed by atoms with Gasteiger partial charge >= 0.3 is 11.4 Å². The van der Waals surface area contributed by atoms with Gasteiger partial charge in [0.1, 0.15) is 0 Å². The summed E-state index contributed by atoms with van der Waals surface area (Å²) in [5.74, 6) is 0. The van der Waals surface area contributed by atoms with E-state index in [0.29, 0.717) is 6.54 Å². The van der Waals surface area contributed by atoms with E-state index in [1.165, 1.54) is 0 Å². The average Bonchev–Trinajstić information content (AvgIpc) is 1.66. The van der Waals surface area contributed by atoms with Crippen molar-refractivity contribution in [2.75, 3.05) is 6.54 Å². The lowest BCUT2D eigenvalue weighted by molar-refractivity contribution is 0.198. The summed E-state index contributed by atoms with van der Waals surface area (Å²) in [6.07, 6.45) is 0.872. The van der Waals surface area contributed by atoms with Crippen LogP contribution < -0.4 is 5.48 Å². The Kier molecular flexibility index (Phi) is 5.19. The van der Waals surface area contributed by atoms with Crippen molar-refractivity contribution in [2.24, 2.45) is 0 Å². The lowest BCUT2D eigenvalue weighted by Gasteiger charge is -1.95. The third-order valence-electron chi connectivity index (χ3n) is 0.482. The van der Waals surface area contributed by atoms with Crippen LogP contribution in [0.5, 0.6) is 0 Å². The third-order valence-corrected chi connectivity index (χ3v) is 0.743. The third kappa shape index (κ3) is 6.03. The molecule has 0 spiro atoms. The number of hydrogen-bond acceptors (Lipinski definition) is 3. The summed E-state index contributed by atoms with van der Waals surface area (Å²) in [5, 5.41) is 0. The topological polar surface area (TPSA) is 58.6 Å². The molecular weight excluding hydrogens is 130 g/mol. The van der Waals surface area contributed by atoms with Crippen LogP contribution in [0.1, 0.15) is 13.3 Å². The van der Waals surface area contributed by atoms with Crippen molar-refractivity contribution in [3.05, 3.63) is 0 Å². The van der Waals surface area contributed by atoms with Gasteiger partial charge in [-0.1, -0.05) is 6.92 Å². The molecule has 0 aromatic rings. The molecule has 0 aliphatic carbocycles. The largest absolute Gasteiger partial charge is 0.319 e. The van der Waals surface area contributed by atoms with Crippen LogP contribution in [0.2, 0.25) is 0 Å². The minimum Gasteiger partial charge on any atom is -0.283 e. The average molecular weight is 139 g/mol. The first-order valence-electron chi connectivity index (χ1n) is 2.28. The summed E-state index contributed by atoms with van der Waals surface area (Å²) in [6, 6.07) is 0. The molecule has 0 aliphatic rings. The minimum atomic E-state index is -2.18. The molecule has 5 heteroatoms. The van der Waals surface area contributed by atoms with Gasteiger partial charge in [0.25, 0.3) is 0 Å². The van der Waals surface area contributed by atoms with Crippen molar-refractivity contribution in [3.8, 4) is 0 Å². The lowest BCUT2D eigenvalue weighted by atomic mass is 10.5. The zero-order chi connectivity index (χ0) is 6.41. The smallest absolute Gasteiger partial charge is 0.283 e. The van der Waals surface area contributed by atoms with E-state index in [9.17, 15) is 4.21 Å². The second kappa shape index (κ2) is 5.17. The predicted molar refractivity (Wildman–Crippen MR) is 30.1 cm³/mol. The van der Waals surface area contributed by atoms with Crippen LogP contribution in [0.25, 0.3) is 0 Å². The van der Waals surface area contributed by atoms with Gasteiger partial charge in [-0.05, 0) is 6.42 Å². The van der Waals surface area contributed by atoms with E-state index in [4.69, 9.17) is 4.55 Å². The fraction of sp³-hybridized carbons (Fsp3) is 1.00. The molecular formula is C3H9NO3S. The lowest BCUT2D eigenvalue weighted by Crippen LogP contribution is -2.16. The standard InChI is InChI=1S/C3H9NO3S/c1-2-3-4-7-8(5)6/h4H,2-3H2,1H3,(H,5,6). The highest BCUT2D eigenvalue weighted by atomic mass is 32.2. The second-order valence-corrected chi connectivity index (χ2v) is 1.80. The second-order valence-electron chi connectivity index (χ2n) is 1.19. The zero-order valence-corrected chi connectivity index (χ0v) is 5.40. The van der Waals surface area contributed by atoms with E-state index in [2.05, 4.69) is 9.76 Å². The summed E-state index contributed by atoms with van der Waals surface area (Å²) in [5.41, 5.74) is 2.28. The Labute approximate surface area is 50.7 Å². The molecule has 0 bridgehead atoms. The van der Waals surface area contributed by atoms with E-state index in [-0.39, 0.29) is 0 Å². The summed E-state index contributed by atoms with van der Waals surface area (Å²) in [7, 11) is 0. The van der Waals surface area contributed by atoms with Crippen molar-refractivity contribution in [1.29, 1.82) is 0 Å². The van der Waals surface area contributed by atoms with Crippen molar-refractivity contribution in [3.63, 3.8) is 0 Å². The molecule has 2 N–H and O–H groups in total. The monoisotopic (exact) mass is 139 g/mol. The van der Waals surface area contributed by atoms with Crippen LogP contribution in [-0.4, -0.2) is 15.3 Å². The molecule has 0 saturated carbocycles. The molecule has 4 nitrogen and oxygen atoms in total. The SMILES string of the molecule is CCCNOS(=O)O. The van der Waals surface area contributed by atoms with Gasteiger partial charge in [0, 0.05) is 6.54 Å². The molecule has 0 aliphatic heterocycles. The Balaban J connectivity index is 2.82. The molecule has 8 heavy (non-hydrogen) atoms. The highest BCUT2D eigenvalue weighted by molar-refractivity contribution is 7.74. The Morgan fingerprint density at radius 2 is 2.50 bits per heavy atom. The van der Waals surface area contributed by atoms with Gasteiger partial charge in [-0.3, -0.25) is 4.55 Å². The van der Waals surface area contributed by atoms with Crippen molar-refractivity contribution in [2.45, 2.75) is 13.3 Å². The number of hydroxylamine groups is 1. The van der Waals surface area contributed by atoms with Crippen molar-refractivity contribution < 1.29 is 13.0 Å². The van der Waals surface area contributed by atoms with E-state index >= 15 is 0 Å². The molecule has 0 rings (SSSR count). The Morgan fingerprint density at radius 1 is 1.88 bits per heavy atom. The number of hydrogen-bond donors (Lipinski definition) is 2. The molecule has 0 fully saturated rings. The van der Waals surface area contributed by atoms with E-state index in [1.54, 1.807) is 0 Å². The van der Waals surface area contributed by atoms with E-state index < -0.39 is 11.4 Å². The molecule has 1 unspecified atom stereocenters. The number of nitrogens with one attached hydrogen (secondary N) is 1. The first kappa shape index (κ1) is 8.03. The molecule has 0 aromatic carbocycles. The highest BCUT2D eigenvalue weighted by Gasteiger charge is 1.87. The van der Waals surface area contributed by atoms with Crippen LogP contribution >= 0.6 is 0 Å². The fourth-order valence-corrected chi connectivity index (χ4v) is 0.378. The van der Waals surface area contributed by atoms with Crippen LogP contribution in [0.3, 0.4) is 0 Å². The van der Waals surface area contributed by atoms with Gasteiger partial charge in [-0.25, -0.2) is 0 Å². The van der Waals surface area contributed by atoms with E-state index in [0.717, 1.165) is 6.42 Å². The summed E-state index contributed by atoms with van der Waals surface area (Å²) >= 11 is -2.18. The predicted octanol–water partition coefficient (Wildman–Crippen LogP) is 0.0543. The maximum absolute atomic E-state index is 9.70. The van der Waals surface area contributed by atoms with Gasteiger partial charge in [0.2, 0.25) is 0 Å². The van der Waals surface area contributed by atoms with Crippen molar-refractivity contribution >= 4 is 11.4 Å². The Hall–Kier alpha value is 0.0300. The van der Waals surface area contributed by atoms with Crippen LogP contribution in [0, 0.1) is 0 Å².